The number of nitrogens with one attached hydrogen (secondary N) is 1. The zero-order valence-corrected chi connectivity index (χ0v) is 12.5. The van der Waals surface area contributed by atoms with Crippen molar-refractivity contribution in [3.63, 3.8) is 0 Å². The van der Waals surface area contributed by atoms with Gasteiger partial charge in [-0.15, -0.1) is 0 Å². The van der Waals surface area contributed by atoms with E-state index in [4.69, 9.17) is 4.74 Å². The molecule has 0 heterocycles. The summed E-state index contributed by atoms with van der Waals surface area (Å²) < 4.78 is 5.11. The fourth-order valence-corrected chi connectivity index (χ4v) is 1.91. The Kier molecular flexibility index (Phi) is 5.72. The molecule has 2 aromatic carbocycles. The van der Waals surface area contributed by atoms with Crippen molar-refractivity contribution in [2.75, 3.05) is 6.54 Å². The van der Waals surface area contributed by atoms with Crippen molar-refractivity contribution in [1.29, 1.82) is 0 Å². The summed E-state index contributed by atoms with van der Waals surface area (Å²) in [5.41, 5.74) is 2.99. The molecule has 0 bridgehead atoms. The minimum Gasteiger partial charge on any atom is -0.460 e. The van der Waals surface area contributed by atoms with E-state index in [1.165, 1.54) is 0 Å². The van der Waals surface area contributed by atoms with Gasteiger partial charge >= 0.3 is 5.97 Å². The molecule has 1 amide bonds. The van der Waals surface area contributed by atoms with Crippen molar-refractivity contribution in [2.45, 2.75) is 20.0 Å². The van der Waals surface area contributed by atoms with Crippen molar-refractivity contribution in [3.05, 3.63) is 71.3 Å². The van der Waals surface area contributed by atoms with Gasteiger partial charge in [-0.3, -0.25) is 9.59 Å². The lowest BCUT2D eigenvalue weighted by Crippen LogP contribution is -2.31. The van der Waals surface area contributed by atoms with E-state index in [9.17, 15) is 9.59 Å². The Balaban J connectivity index is 1.69. The molecule has 0 saturated carbocycles. The molecule has 114 valence electrons. The van der Waals surface area contributed by atoms with Crippen LogP contribution < -0.4 is 5.32 Å². The van der Waals surface area contributed by atoms with Gasteiger partial charge in [-0.25, -0.2) is 0 Å². The van der Waals surface area contributed by atoms with Gasteiger partial charge in [-0.1, -0.05) is 60.2 Å². The van der Waals surface area contributed by atoms with Gasteiger partial charge in [-0.2, -0.15) is 0 Å². The number of benzene rings is 2. The van der Waals surface area contributed by atoms with Gasteiger partial charge < -0.3 is 10.1 Å². The number of amides is 1. The summed E-state index contributed by atoms with van der Waals surface area (Å²) in [6.45, 7) is 2.10. The molecule has 2 rings (SSSR count). The number of rotatable bonds is 6. The summed E-state index contributed by atoms with van der Waals surface area (Å²) in [7, 11) is 0. The molecule has 0 saturated heterocycles. The van der Waals surface area contributed by atoms with E-state index < -0.39 is 5.97 Å². The summed E-state index contributed by atoms with van der Waals surface area (Å²) in [4.78, 5) is 23.3. The monoisotopic (exact) mass is 297 g/mol. The van der Waals surface area contributed by atoms with Crippen LogP contribution in [0.2, 0.25) is 0 Å². The number of ether oxygens (including phenoxy) is 1. The number of esters is 1. The van der Waals surface area contributed by atoms with E-state index in [2.05, 4.69) is 5.32 Å². The predicted molar refractivity (Wildman–Crippen MR) is 84.1 cm³/mol. The molecule has 0 aliphatic carbocycles. The third kappa shape index (κ3) is 5.40. The van der Waals surface area contributed by atoms with Crippen molar-refractivity contribution in [1.82, 2.24) is 5.32 Å². The largest absolute Gasteiger partial charge is 0.460 e. The summed E-state index contributed by atoms with van der Waals surface area (Å²) >= 11 is 0. The summed E-state index contributed by atoms with van der Waals surface area (Å²) in [5, 5.41) is 2.56. The van der Waals surface area contributed by atoms with Gasteiger partial charge in [0.05, 0.1) is 6.42 Å². The van der Waals surface area contributed by atoms with Crippen molar-refractivity contribution >= 4 is 11.9 Å². The molecule has 4 heteroatoms. The molecule has 2 aromatic rings. The Bertz CT molecular complexity index is 621. The van der Waals surface area contributed by atoms with E-state index in [-0.39, 0.29) is 25.5 Å². The van der Waals surface area contributed by atoms with Crippen molar-refractivity contribution in [2.24, 2.45) is 0 Å². The highest BCUT2D eigenvalue weighted by Gasteiger charge is 2.07. The molecule has 0 aromatic heterocycles. The van der Waals surface area contributed by atoms with Crippen LogP contribution in [0, 0.1) is 6.92 Å². The highest BCUT2D eigenvalue weighted by molar-refractivity contribution is 5.83. The van der Waals surface area contributed by atoms with E-state index in [0.717, 1.165) is 16.7 Å². The molecule has 0 atom stereocenters. The number of hydrogen-bond donors (Lipinski definition) is 1. The molecule has 1 N–H and O–H groups in total. The number of carbonyl (C=O) groups excluding carboxylic acids is 2. The third-order valence-electron chi connectivity index (χ3n) is 3.16. The fourth-order valence-electron chi connectivity index (χ4n) is 1.91. The second kappa shape index (κ2) is 7.98. The zero-order chi connectivity index (χ0) is 15.8. The highest BCUT2D eigenvalue weighted by Crippen LogP contribution is 2.04. The molecule has 22 heavy (non-hydrogen) atoms. The molecule has 0 radical (unpaired) electrons. The predicted octanol–water partition coefficient (Wildman–Crippen LogP) is 2.40. The topological polar surface area (TPSA) is 55.4 Å². The Morgan fingerprint density at radius 3 is 2.32 bits per heavy atom. The number of carbonyl (C=O) groups is 2. The normalized spacial score (nSPS) is 10.0. The van der Waals surface area contributed by atoms with Crippen LogP contribution in [0.1, 0.15) is 16.7 Å². The van der Waals surface area contributed by atoms with Gasteiger partial charge in [0.1, 0.15) is 13.2 Å². The van der Waals surface area contributed by atoms with Gasteiger partial charge in [0, 0.05) is 0 Å². The van der Waals surface area contributed by atoms with Crippen LogP contribution >= 0.6 is 0 Å². The highest BCUT2D eigenvalue weighted by atomic mass is 16.5. The van der Waals surface area contributed by atoms with Gasteiger partial charge in [0.25, 0.3) is 0 Å². The van der Waals surface area contributed by atoms with Crippen LogP contribution in [0.4, 0.5) is 0 Å². The van der Waals surface area contributed by atoms with Crippen LogP contribution in [-0.4, -0.2) is 18.4 Å². The van der Waals surface area contributed by atoms with E-state index in [0.29, 0.717) is 0 Å². The second-order valence-electron chi connectivity index (χ2n) is 5.09. The molecule has 0 spiro atoms. The lowest BCUT2D eigenvalue weighted by atomic mass is 10.1. The Morgan fingerprint density at radius 1 is 0.955 bits per heavy atom. The number of aryl methyl sites for hydroxylation is 1. The Labute approximate surface area is 130 Å². The van der Waals surface area contributed by atoms with Crippen LogP contribution in [0.15, 0.2) is 54.6 Å². The minimum absolute atomic E-state index is 0.114. The summed E-state index contributed by atoms with van der Waals surface area (Å²) in [6.07, 6.45) is 0.256. The fraction of sp³-hybridized carbons (Fsp3) is 0.222. The maximum atomic E-state index is 11.7. The lowest BCUT2D eigenvalue weighted by molar-refractivity contribution is -0.145. The first-order valence-electron chi connectivity index (χ1n) is 7.15. The first kappa shape index (κ1) is 15.8. The van der Waals surface area contributed by atoms with Crippen LogP contribution in [0.5, 0.6) is 0 Å². The molecular formula is C18H19NO3. The Morgan fingerprint density at radius 2 is 1.64 bits per heavy atom. The average molecular weight is 297 g/mol. The van der Waals surface area contributed by atoms with Gasteiger partial charge in [-0.05, 0) is 18.1 Å². The van der Waals surface area contributed by atoms with Crippen LogP contribution in [-0.2, 0) is 27.4 Å². The second-order valence-corrected chi connectivity index (χ2v) is 5.09. The third-order valence-corrected chi connectivity index (χ3v) is 3.16. The first-order valence-corrected chi connectivity index (χ1v) is 7.15. The van der Waals surface area contributed by atoms with E-state index in [1.807, 2.05) is 61.5 Å². The van der Waals surface area contributed by atoms with Crippen LogP contribution in [0.3, 0.4) is 0 Å². The lowest BCUT2D eigenvalue weighted by Gasteiger charge is -2.07. The SMILES string of the molecule is Cc1ccc(COC(=O)CNC(=O)Cc2ccccc2)cc1. The van der Waals surface area contributed by atoms with Crippen molar-refractivity contribution in [3.8, 4) is 0 Å². The van der Waals surface area contributed by atoms with E-state index >= 15 is 0 Å². The quantitative estimate of drug-likeness (QED) is 0.833. The van der Waals surface area contributed by atoms with Gasteiger partial charge in [0.15, 0.2) is 0 Å². The molecule has 4 nitrogen and oxygen atoms in total. The molecule has 0 fully saturated rings. The maximum Gasteiger partial charge on any atom is 0.325 e. The van der Waals surface area contributed by atoms with Crippen molar-refractivity contribution < 1.29 is 14.3 Å². The summed E-state index contributed by atoms with van der Waals surface area (Å²) in [5.74, 6) is -0.638. The smallest absolute Gasteiger partial charge is 0.325 e. The number of hydrogen-bond acceptors (Lipinski definition) is 3. The maximum absolute atomic E-state index is 11.7. The summed E-state index contributed by atoms with van der Waals surface area (Å²) in [6, 6.07) is 17.1. The minimum atomic E-state index is -0.443. The van der Waals surface area contributed by atoms with Crippen LogP contribution in [0.25, 0.3) is 0 Å². The first-order chi connectivity index (χ1) is 10.6. The molecular weight excluding hydrogens is 278 g/mol. The van der Waals surface area contributed by atoms with E-state index in [1.54, 1.807) is 0 Å². The average Bonchev–Trinajstić information content (AvgIpc) is 2.53. The Hall–Kier alpha value is -2.62. The standard InChI is InChI=1S/C18H19NO3/c1-14-7-9-16(10-8-14)13-22-18(21)12-19-17(20)11-15-5-3-2-4-6-15/h2-10H,11-13H2,1H3,(H,19,20). The molecule has 0 unspecified atom stereocenters. The molecule has 0 aliphatic rings. The van der Waals surface area contributed by atoms with Gasteiger partial charge in [0.2, 0.25) is 5.91 Å². The molecule has 0 aliphatic heterocycles. The zero-order valence-electron chi connectivity index (χ0n) is 12.5.